The summed E-state index contributed by atoms with van der Waals surface area (Å²) in [6, 6.07) is 3.40. The van der Waals surface area contributed by atoms with Crippen molar-refractivity contribution in [3.8, 4) is 0 Å². The second kappa shape index (κ2) is 3.10. The number of hydrogen-bond donors (Lipinski definition) is 0. The monoisotopic (exact) mass is 164 g/mol. The molecule has 64 valence electrons. The highest BCUT2D eigenvalue weighted by molar-refractivity contribution is 5.64. The van der Waals surface area contributed by atoms with Gasteiger partial charge in [0, 0.05) is 0 Å². The largest absolute Gasteiger partial charge is 0.207 e. The first-order chi connectivity index (χ1) is 5.52. The van der Waals surface area contributed by atoms with E-state index in [4.69, 9.17) is 0 Å². The lowest BCUT2D eigenvalue weighted by molar-refractivity contribution is 0.617. The van der Waals surface area contributed by atoms with Gasteiger partial charge in [-0.3, -0.25) is 0 Å². The molecular formula is C11H13F. The fourth-order valence-electron chi connectivity index (χ4n) is 1.29. The fraction of sp³-hybridized carbons (Fsp3) is 0.273. The van der Waals surface area contributed by atoms with Crippen molar-refractivity contribution in [1.29, 1.82) is 0 Å². The third kappa shape index (κ3) is 1.55. The lowest BCUT2D eigenvalue weighted by atomic mass is 10.0. The van der Waals surface area contributed by atoms with E-state index < -0.39 is 0 Å². The van der Waals surface area contributed by atoms with Gasteiger partial charge in [-0.05, 0) is 43.5 Å². The summed E-state index contributed by atoms with van der Waals surface area (Å²) in [7, 11) is 0. The zero-order valence-corrected chi connectivity index (χ0v) is 7.74. The second-order valence-corrected chi connectivity index (χ2v) is 3.20. The summed E-state index contributed by atoms with van der Waals surface area (Å²) in [5.41, 5.74) is 3.60. The molecule has 0 aliphatic heterocycles. The number of aryl methyl sites for hydroxylation is 2. The molecule has 1 aromatic carbocycles. The Morgan fingerprint density at radius 3 is 2.33 bits per heavy atom. The Kier molecular flexibility index (Phi) is 2.32. The van der Waals surface area contributed by atoms with Gasteiger partial charge in [0.15, 0.2) is 0 Å². The SMILES string of the molecule is C=C(C)c1cc(F)c(C)cc1C. The minimum atomic E-state index is -0.154. The lowest BCUT2D eigenvalue weighted by Gasteiger charge is -2.06. The second-order valence-electron chi connectivity index (χ2n) is 3.20. The van der Waals surface area contributed by atoms with Gasteiger partial charge in [-0.2, -0.15) is 0 Å². The van der Waals surface area contributed by atoms with Crippen molar-refractivity contribution < 1.29 is 4.39 Å². The van der Waals surface area contributed by atoms with Gasteiger partial charge < -0.3 is 0 Å². The average Bonchev–Trinajstić information content (AvgIpc) is 1.96. The molecule has 1 aromatic rings. The molecule has 0 aliphatic rings. The number of hydrogen-bond acceptors (Lipinski definition) is 0. The van der Waals surface area contributed by atoms with E-state index in [1.807, 2.05) is 19.9 Å². The van der Waals surface area contributed by atoms with Gasteiger partial charge in [0.2, 0.25) is 0 Å². The lowest BCUT2D eigenvalue weighted by Crippen LogP contribution is -1.90. The molecule has 0 amide bonds. The Balaban J connectivity index is 3.33. The summed E-state index contributed by atoms with van der Waals surface area (Å²) in [5, 5.41) is 0. The van der Waals surface area contributed by atoms with E-state index in [9.17, 15) is 4.39 Å². The van der Waals surface area contributed by atoms with Crippen LogP contribution in [0.25, 0.3) is 5.57 Å². The maximum Gasteiger partial charge on any atom is 0.126 e. The summed E-state index contributed by atoms with van der Waals surface area (Å²) in [4.78, 5) is 0. The van der Waals surface area contributed by atoms with Gasteiger partial charge in [-0.25, -0.2) is 4.39 Å². The van der Waals surface area contributed by atoms with E-state index in [0.29, 0.717) is 5.56 Å². The van der Waals surface area contributed by atoms with Crippen LogP contribution in [0, 0.1) is 19.7 Å². The van der Waals surface area contributed by atoms with Crippen molar-refractivity contribution in [3.63, 3.8) is 0 Å². The van der Waals surface area contributed by atoms with Gasteiger partial charge in [-0.15, -0.1) is 0 Å². The summed E-state index contributed by atoms with van der Waals surface area (Å²) >= 11 is 0. The first-order valence-corrected chi connectivity index (χ1v) is 3.95. The van der Waals surface area contributed by atoms with Crippen LogP contribution in [-0.2, 0) is 0 Å². The number of benzene rings is 1. The van der Waals surface area contributed by atoms with E-state index in [1.165, 1.54) is 0 Å². The quantitative estimate of drug-likeness (QED) is 0.596. The molecule has 1 heteroatoms. The topological polar surface area (TPSA) is 0 Å². The van der Waals surface area contributed by atoms with Crippen LogP contribution < -0.4 is 0 Å². The Hall–Kier alpha value is -1.11. The smallest absolute Gasteiger partial charge is 0.126 e. The van der Waals surface area contributed by atoms with Crippen LogP contribution in [0.4, 0.5) is 4.39 Å². The van der Waals surface area contributed by atoms with Crippen molar-refractivity contribution in [2.45, 2.75) is 20.8 Å². The first kappa shape index (κ1) is 8.98. The Labute approximate surface area is 72.7 Å². The molecule has 0 heterocycles. The zero-order valence-electron chi connectivity index (χ0n) is 7.74. The van der Waals surface area contributed by atoms with Crippen molar-refractivity contribution in [3.05, 3.63) is 41.2 Å². The molecular weight excluding hydrogens is 151 g/mol. The predicted octanol–water partition coefficient (Wildman–Crippen LogP) is 3.48. The zero-order chi connectivity index (χ0) is 9.30. The maximum absolute atomic E-state index is 13.1. The van der Waals surface area contributed by atoms with Crippen molar-refractivity contribution in [1.82, 2.24) is 0 Å². The molecule has 0 nitrogen and oxygen atoms in total. The Morgan fingerprint density at radius 1 is 1.25 bits per heavy atom. The molecule has 12 heavy (non-hydrogen) atoms. The van der Waals surface area contributed by atoms with Gasteiger partial charge in [0.25, 0.3) is 0 Å². The summed E-state index contributed by atoms with van der Waals surface area (Å²) < 4.78 is 13.1. The first-order valence-electron chi connectivity index (χ1n) is 3.95. The molecule has 0 spiro atoms. The van der Waals surface area contributed by atoms with E-state index in [0.717, 1.165) is 16.7 Å². The molecule has 0 saturated carbocycles. The minimum Gasteiger partial charge on any atom is -0.207 e. The standard InChI is InChI=1S/C11H13F/c1-7(2)10-6-11(12)9(4)5-8(10)3/h5-6H,1H2,2-4H3. The molecule has 0 bridgehead atoms. The van der Waals surface area contributed by atoms with Crippen LogP contribution >= 0.6 is 0 Å². The van der Waals surface area contributed by atoms with Crippen molar-refractivity contribution in [2.24, 2.45) is 0 Å². The Bertz CT molecular complexity index is 324. The summed E-state index contributed by atoms with van der Waals surface area (Å²) in [5.74, 6) is -0.154. The third-order valence-corrected chi connectivity index (χ3v) is 1.97. The molecule has 0 aliphatic carbocycles. The molecule has 0 unspecified atom stereocenters. The van der Waals surface area contributed by atoms with Crippen LogP contribution in [0.2, 0.25) is 0 Å². The highest BCUT2D eigenvalue weighted by Crippen LogP contribution is 2.20. The summed E-state index contributed by atoms with van der Waals surface area (Å²) in [6.45, 7) is 9.41. The number of allylic oxidation sites excluding steroid dienone is 1. The van der Waals surface area contributed by atoms with Crippen LogP contribution in [-0.4, -0.2) is 0 Å². The molecule has 1 rings (SSSR count). The Morgan fingerprint density at radius 2 is 1.83 bits per heavy atom. The highest BCUT2D eigenvalue weighted by Gasteiger charge is 2.03. The molecule has 0 atom stereocenters. The third-order valence-electron chi connectivity index (χ3n) is 1.97. The van der Waals surface area contributed by atoms with Crippen LogP contribution in [0.1, 0.15) is 23.6 Å². The molecule has 0 aromatic heterocycles. The van der Waals surface area contributed by atoms with E-state index >= 15 is 0 Å². The number of halogens is 1. The molecule has 0 saturated heterocycles. The van der Waals surface area contributed by atoms with Gasteiger partial charge in [-0.1, -0.05) is 18.2 Å². The van der Waals surface area contributed by atoms with Crippen LogP contribution in [0.3, 0.4) is 0 Å². The van der Waals surface area contributed by atoms with Crippen LogP contribution in [0.15, 0.2) is 18.7 Å². The van der Waals surface area contributed by atoms with Gasteiger partial charge in [0.1, 0.15) is 5.82 Å². The average molecular weight is 164 g/mol. The highest BCUT2D eigenvalue weighted by atomic mass is 19.1. The predicted molar refractivity (Wildman–Crippen MR) is 50.6 cm³/mol. The summed E-state index contributed by atoms with van der Waals surface area (Å²) in [6.07, 6.45) is 0. The van der Waals surface area contributed by atoms with E-state index in [-0.39, 0.29) is 5.82 Å². The minimum absolute atomic E-state index is 0.154. The van der Waals surface area contributed by atoms with Gasteiger partial charge >= 0.3 is 0 Å². The number of rotatable bonds is 1. The van der Waals surface area contributed by atoms with Crippen molar-refractivity contribution >= 4 is 5.57 Å². The molecule has 0 N–H and O–H groups in total. The van der Waals surface area contributed by atoms with Gasteiger partial charge in [0.05, 0.1) is 0 Å². The van der Waals surface area contributed by atoms with Crippen molar-refractivity contribution in [2.75, 3.05) is 0 Å². The van der Waals surface area contributed by atoms with E-state index in [1.54, 1.807) is 13.0 Å². The fourth-order valence-corrected chi connectivity index (χ4v) is 1.29. The molecule has 0 fully saturated rings. The van der Waals surface area contributed by atoms with Crippen LogP contribution in [0.5, 0.6) is 0 Å². The normalized spacial score (nSPS) is 10.0. The molecule has 0 radical (unpaired) electrons. The van der Waals surface area contributed by atoms with E-state index in [2.05, 4.69) is 6.58 Å². The maximum atomic E-state index is 13.1.